The lowest BCUT2D eigenvalue weighted by Crippen LogP contribution is -2.43. The number of hydrogen-bond donors (Lipinski definition) is 2. The highest BCUT2D eigenvalue weighted by Crippen LogP contribution is 2.27. The van der Waals surface area contributed by atoms with Crippen LogP contribution in [-0.4, -0.2) is 56.4 Å². The van der Waals surface area contributed by atoms with Crippen LogP contribution >= 0.6 is 0 Å². The van der Waals surface area contributed by atoms with Gasteiger partial charge in [0, 0.05) is 13.7 Å². The van der Waals surface area contributed by atoms with Crippen molar-refractivity contribution in [3.63, 3.8) is 0 Å². The highest BCUT2D eigenvalue weighted by molar-refractivity contribution is 5.68. The Balaban J connectivity index is 2.96. The molecular formula is C26H43NO7. The average Bonchev–Trinajstić information content (AvgIpc) is 2.73. The van der Waals surface area contributed by atoms with Crippen molar-refractivity contribution in [3.8, 4) is 5.75 Å². The second kappa shape index (κ2) is 14.7. The summed E-state index contributed by atoms with van der Waals surface area (Å²) >= 11 is 0. The number of aryl methyl sites for hydroxylation is 1. The van der Waals surface area contributed by atoms with E-state index in [1.54, 1.807) is 35.0 Å². The van der Waals surface area contributed by atoms with E-state index in [1.165, 1.54) is 5.56 Å². The van der Waals surface area contributed by atoms with Crippen LogP contribution in [-0.2, 0) is 27.1 Å². The van der Waals surface area contributed by atoms with Gasteiger partial charge in [0.1, 0.15) is 18.0 Å². The zero-order valence-electron chi connectivity index (χ0n) is 21.8. The largest absolute Gasteiger partial charge is 0.505 e. The molecule has 34 heavy (non-hydrogen) atoms. The molecule has 8 heteroatoms. The number of carboxylic acid groups (broad SMARTS) is 1. The minimum absolute atomic E-state index is 0.134. The number of nitrogens with one attached hydrogen (secondary N) is 1. The van der Waals surface area contributed by atoms with Crippen molar-refractivity contribution in [3.05, 3.63) is 29.3 Å². The number of rotatable bonds is 14. The number of alkyl carbamates (subject to hydrolysis) is 1. The molecule has 0 saturated heterocycles. The van der Waals surface area contributed by atoms with Gasteiger partial charge in [-0.1, -0.05) is 26.0 Å². The number of carbonyl (C=O) groups is 2. The number of methoxy groups -OCH3 is 2. The highest BCUT2D eigenvalue weighted by atomic mass is 16.7. The fraction of sp³-hybridized carbons (Fsp3) is 0.692. The lowest BCUT2D eigenvalue weighted by molar-refractivity contribution is 0.0415. The Bertz CT molecular complexity index is 758. The van der Waals surface area contributed by atoms with E-state index >= 15 is 0 Å². The maximum absolute atomic E-state index is 12.3. The van der Waals surface area contributed by atoms with E-state index in [0.717, 1.165) is 43.6 Å². The summed E-state index contributed by atoms with van der Waals surface area (Å²) in [4.78, 5) is 23.3. The van der Waals surface area contributed by atoms with E-state index < -0.39 is 23.9 Å². The molecule has 0 unspecified atom stereocenters. The smallest absolute Gasteiger partial charge is 0.496 e. The summed E-state index contributed by atoms with van der Waals surface area (Å²) in [6.45, 7) is 10.2. The lowest BCUT2D eigenvalue weighted by Gasteiger charge is -2.28. The first kappa shape index (κ1) is 29.6. The lowest BCUT2D eigenvalue weighted by atomic mass is 9.83. The van der Waals surface area contributed by atoms with Gasteiger partial charge < -0.3 is 29.4 Å². The molecule has 1 aromatic rings. The molecule has 0 fully saturated rings. The molecule has 194 valence electrons. The van der Waals surface area contributed by atoms with Crippen LogP contribution in [0.1, 0.15) is 65.0 Å². The van der Waals surface area contributed by atoms with E-state index in [1.807, 2.05) is 6.07 Å². The summed E-state index contributed by atoms with van der Waals surface area (Å²) in [6, 6.07) is 5.76. The third kappa shape index (κ3) is 12.1. The number of ether oxygens (including phenoxy) is 4. The Morgan fingerprint density at radius 2 is 1.82 bits per heavy atom. The van der Waals surface area contributed by atoms with Gasteiger partial charge in [-0.2, -0.15) is 0 Å². The SMILES string of the molecule is COCCCCc1cc(C[C@@H](C[C@@H](COC(=O)O)NC(=O)OC(C)(C)C)C(C)C)ccc1OC. The quantitative estimate of drug-likeness (QED) is 0.269. The Hall–Kier alpha value is -2.48. The van der Waals surface area contributed by atoms with Gasteiger partial charge in [0.05, 0.1) is 13.2 Å². The zero-order chi connectivity index (χ0) is 25.7. The number of unbranched alkanes of at least 4 members (excludes halogenated alkanes) is 1. The minimum atomic E-state index is -1.37. The van der Waals surface area contributed by atoms with Crippen molar-refractivity contribution < 1.29 is 33.6 Å². The van der Waals surface area contributed by atoms with Crippen LogP contribution < -0.4 is 10.1 Å². The first-order chi connectivity index (χ1) is 15.9. The van der Waals surface area contributed by atoms with Crippen LogP contribution in [0.3, 0.4) is 0 Å². The third-order valence-electron chi connectivity index (χ3n) is 5.55. The second-order valence-corrected chi connectivity index (χ2v) is 9.96. The average molecular weight is 482 g/mol. The second-order valence-electron chi connectivity index (χ2n) is 9.96. The van der Waals surface area contributed by atoms with Gasteiger partial charge >= 0.3 is 12.2 Å². The predicted molar refractivity (Wildman–Crippen MR) is 132 cm³/mol. The fourth-order valence-corrected chi connectivity index (χ4v) is 3.79. The molecule has 0 radical (unpaired) electrons. The summed E-state index contributed by atoms with van der Waals surface area (Å²) in [5, 5.41) is 11.7. The number of hydrogen-bond acceptors (Lipinski definition) is 6. The molecule has 0 heterocycles. The normalized spacial score (nSPS) is 13.3. The molecule has 2 N–H and O–H groups in total. The molecule has 0 aliphatic rings. The molecule has 0 saturated carbocycles. The number of amides is 1. The Kier molecular flexibility index (Phi) is 12.8. The van der Waals surface area contributed by atoms with E-state index in [9.17, 15) is 9.59 Å². The first-order valence-corrected chi connectivity index (χ1v) is 11.9. The monoisotopic (exact) mass is 481 g/mol. The molecule has 1 amide bonds. The van der Waals surface area contributed by atoms with Crippen molar-refractivity contribution in [1.29, 1.82) is 0 Å². The molecule has 0 bridgehead atoms. The van der Waals surface area contributed by atoms with Crippen molar-refractivity contribution in [2.45, 2.75) is 78.4 Å². The Morgan fingerprint density at radius 1 is 1.12 bits per heavy atom. The zero-order valence-corrected chi connectivity index (χ0v) is 21.8. The van der Waals surface area contributed by atoms with Crippen molar-refractivity contribution in [1.82, 2.24) is 5.32 Å². The van der Waals surface area contributed by atoms with Crippen LogP contribution in [0, 0.1) is 11.8 Å². The summed E-state index contributed by atoms with van der Waals surface area (Å²) in [5.41, 5.74) is 1.69. The predicted octanol–water partition coefficient (Wildman–Crippen LogP) is 5.46. The topological polar surface area (TPSA) is 103 Å². The molecule has 1 aromatic carbocycles. The van der Waals surface area contributed by atoms with E-state index in [2.05, 4.69) is 31.3 Å². The minimum Gasteiger partial charge on any atom is -0.496 e. The van der Waals surface area contributed by atoms with Crippen molar-refractivity contribution in [2.24, 2.45) is 11.8 Å². The van der Waals surface area contributed by atoms with Crippen LogP contribution in [0.15, 0.2) is 18.2 Å². The molecule has 0 spiro atoms. The summed E-state index contributed by atoms with van der Waals surface area (Å²) < 4.78 is 20.8. The highest BCUT2D eigenvalue weighted by Gasteiger charge is 2.25. The molecule has 8 nitrogen and oxygen atoms in total. The van der Waals surface area contributed by atoms with E-state index in [4.69, 9.17) is 24.1 Å². The standard InChI is InChI=1S/C26H43NO7/c1-18(2)21(16-22(17-33-25(29)30)27-24(28)34-26(3,4)5)15-19-11-12-23(32-7)20(14-19)10-8-9-13-31-6/h11-12,14,18,21-22H,8-10,13,15-17H2,1-7H3,(H,27,28)(H,29,30)/t21-,22-/m0/s1. The Labute approximate surface area is 204 Å². The number of benzene rings is 1. The van der Waals surface area contributed by atoms with Gasteiger partial charge in [0.25, 0.3) is 0 Å². The molecule has 0 aliphatic carbocycles. The van der Waals surface area contributed by atoms with Crippen molar-refractivity contribution >= 4 is 12.2 Å². The van der Waals surface area contributed by atoms with Crippen LogP contribution in [0.25, 0.3) is 0 Å². The van der Waals surface area contributed by atoms with Gasteiger partial charge in [-0.3, -0.25) is 0 Å². The van der Waals surface area contributed by atoms with Crippen LogP contribution in [0.4, 0.5) is 9.59 Å². The maximum Gasteiger partial charge on any atom is 0.505 e. The molecule has 2 atom stereocenters. The summed E-state index contributed by atoms with van der Waals surface area (Å²) in [5.74, 6) is 1.37. The molecule has 1 rings (SSSR count). The van der Waals surface area contributed by atoms with Gasteiger partial charge in [0.15, 0.2) is 0 Å². The molecule has 0 aromatic heterocycles. The number of carbonyl (C=O) groups excluding carboxylic acids is 1. The molecule has 0 aliphatic heterocycles. The third-order valence-corrected chi connectivity index (χ3v) is 5.55. The van der Waals surface area contributed by atoms with Gasteiger partial charge in [0.2, 0.25) is 0 Å². The van der Waals surface area contributed by atoms with E-state index in [-0.39, 0.29) is 12.5 Å². The van der Waals surface area contributed by atoms with E-state index in [0.29, 0.717) is 12.3 Å². The van der Waals surface area contributed by atoms with Gasteiger partial charge in [-0.25, -0.2) is 9.59 Å². The first-order valence-electron chi connectivity index (χ1n) is 11.9. The fourth-order valence-electron chi connectivity index (χ4n) is 3.79. The van der Waals surface area contributed by atoms with Gasteiger partial charge in [-0.15, -0.1) is 0 Å². The summed E-state index contributed by atoms with van der Waals surface area (Å²) in [7, 11) is 3.39. The van der Waals surface area contributed by atoms with Crippen LogP contribution in [0.5, 0.6) is 5.75 Å². The summed E-state index contributed by atoms with van der Waals surface area (Å²) in [6.07, 6.45) is 2.28. The van der Waals surface area contributed by atoms with Crippen molar-refractivity contribution in [2.75, 3.05) is 27.4 Å². The molecular weight excluding hydrogens is 438 g/mol. The Morgan fingerprint density at radius 3 is 2.38 bits per heavy atom. The van der Waals surface area contributed by atoms with Gasteiger partial charge in [-0.05, 0) is 81.9 Å². The maximum atomic E-state index is 12.3. The van der Waals surface area contributed by atoms with Crippen LogP contribution in [0.2, 0.25) is 0 Å².